The number of nitrogens with one attached hydrogen (secondary N) is 1. The van der Waals surface area contributed by atoms with Gasteiger partial charge in [0.15, 0.2) is 5.82 Å². The van der Waals surface area contributed by atoms with E-state index >= 15 is 0 Å². The predicted molar refractivity (Wildman–Crippen MR) is 69.1 cm³/mol. The fourth-order valence-electron chi connectivity index (χ4n) is 1.19. The van der Waals surface area contributed by atoms with Gasteiger partial charge >= 0.3 is 0 Å². The average Bonchev–Trinajstić information content (AvgIpc) is 2.77. The van der Waals surface area contributed by atoms with Crippen molar-refractivity contribution in [1.29, 1.82) is 0 Å². The molecule has 1 aromatic heterocycles. The van der Waals surface area contributed by atoms with E-state index in [0.717, 1.165) is 17.6 Å². The number of nitrogens with zero attached hydrogens (tertiary/aromatic N) is 2. The van der Waals surface area contributed by atoms with E-state index in [0.29, 0.717) is 17.0 Å². The van der Waals surface area contributed by atoms with Crippen LogP contribution >= 0.6 is 22.9 Å². The molecular weight excluding hydrogens is 301 g/mol. The number of hydrazone groups is 1. The van der Waals surface area contributed by atoms with Crippen molar-refractivity contribution in [3.8, 4) is 0 Å². The molecular formula is C10H6ClF3N4S. The molecule has 0 fully saturated rings. The van der Waals surface area contributed by atoms with Crippen molar-refractivity contribution in [1.82, 2.24) is 4.98 Å². The summed E-state index contributed by atoms with van der Waals surface area (Å²) in [7, 11) is 0. The molecule has 2 rings (SSSR count). The van der Waals surface area contributed by atoms with E-state index in [4.69, 9.17) is 17.3 Å². The van der Waals surface area contributed by atoms with Gasteiger partial charge in [-0.25, -0.2) is 18.2 Å². The molecule has 0 saturated carbocycles. The molecule has 100 valence electrons. The summed E-state index contributed by atoms with van der Waals surface area (Å²) in [5.41, 5.74) is 7.25. The van der Waals surface area contributed by atoms with Crippen LogP contribution in [-0.2, 0) is 0 Å². The summed E-state index contributed by atoms with van der Waals surface area (Å²) in [6, 6.07) is 0.480. The Balaban J connectivity index is 2.21. The van der Waals surface area contributed by atoms with E-state index in [2.05, 4.69) is 15.5 Å². The maximum atomic E-state index is 13.5. The Morgan fingerprint density at radius 2 is 2.11 bits per heavy atom. The van der Waals surface area contributed by atoms with Crippen LogP contribution in [0.15, 0.2) is 16.5 Å². The van der Waals surface area contributed by atoms with Crippen LogP contribution in [0.2, 0.25) is 5.02 Å². The summed E-state index contributed by atoms with van der Waals surface area (Å²) in [5, 5.41) is 4.70. The van der Waals surface area contributed by atoms with Gasteiger partial charge in [-0.05, 0) is 0 Å². The molecule has 0 radical (unpaired) electrons. The molecule has 0 saturated heterocycles. The number of aromatic nitrogens is 1. The van der Waals surface area contributed by atoms with Gasteiger partial charge in [0.2, 0.25) is 5.13 Å². The number of thiazole rings is 1. The minimum Gasteiger partial charge on any atom is -0.383 e. The van der Waals surface area contributed by atoms with Gasteiger partial charge in [0, 0.05) is 11.4 Å². The second-order valence-electron chi connectivity index (χ2n) is 3.33. The van der Waals surface area contributed by atoms with Crippen LogP contribution < -0.4 is 11.2 Å². The highest BCUT2D eigenvalue weighted by Gasteiger charge is 2.16. The number of hydrogen-bond acceptors (Lipinski definition) is 5. The van der Waals surface area contributed by atoms with Gasteiger partial charge in [-0.3, -0.25) is 5.43 Å². The summed E-state index contributed by atoms with van der Waals surface area (Å²) in [6.07, 6.45) is 0.841. The van der Waals surface area contributed by atoms with E-state index < -0.39 is 28.0 Å². The van der Waals surface area contributed by atoms with Gasteiger partial charge in [0.1, 0.15) is 22.5 Å². The summed E-state index contributed by atoms with van der Waals surface area (Å²) in [5.74, 6) is -3.20. The molecule has 1 heterocycles. The molecule has 0 aliphatic rings. The van der Waals surface area contributed by atoms with Gasteiger partial charge in [-0.15, -0.1) is 11.3 Å². The lowest BCUT2D eigenvalue weighted by Crippen LogP contribution is -2.00. The number of anilines is 2. The molecule has 0 bridgehead atoms. The predicted octanol–water partition coefficient (Wildman–Crippen LogP) is 3.24. The molecule has 0 aliphatic heterocycles. The van der Waals surface area contributed by atoms with Crippen LogP contribution in [0, 0.1) is 17.5 Å². The van der Waals surface area contributed by atoms with Gasteiger partial charge in [0.05, 0.1) is 11.8 Å². The maximum absolute atomic E-state index is 13.5. The van der Waals surface area contributed by atoms with Crippen LogP contribution in [0.4, 0.5) is 24.1 Å². The third-order valence-corrected chi connectivity index (χ3v) is 3.14. The summed E-state index contributed by atoms with van der Waals surface area (Å²) in [6.45, 7) is 0. The van der Waals surface area contributed by atoms with Crippen LogP contribution in [-0.4, -0.2) is 11.2 Å². The van der Waals surface area contributed by atoms with E-state index in [1.807, 2.05) is 0 Å². The number of hydrogen-bond donors (Lipinski definition) is 2. The van der Waals surface area contributed by atoms with Gasteiger partial charge in [-0.1, -0.05) is 11.6 Å². The van der Waals surface area contributed by atoms with Crippen molar-refractivity contribution >= 4 is 40.1 Å². The van der Waals surface area contributed by atoms with Crippen LogP contribution in [0.1, 0.15) is 5.56 Å². The first-order chi connectivity index (χ1) is 8.99. The SMILES string of the molecule is Nc1csc(NN=Cc2c(F)cc(F)c(Cl)c2F)n1. The number of rotatable bonds is 3. The van der Waals surface area contributed by atoms with E-state index in [-0.39, 0.29) is 0 Å². The van der Waals surface area contributed by atoms with Crippen LogP contribution in [0.5, 0.6) is 0 Å². The molecule has 0 aliphatic carbocycles. The summed E-state index contributed by atoms with van der Waals surface area (Å²) < 4.78 is 39.7. The lowest BCUT2D eigenvalue weighted by Gasteiger charge is -2.02. The van der Waals surface area contributed by atoms with Gasteiger partial charge in [0.25, 0.3) is 0 Å². The second kappa shape index (κ2) is 5.45. The quantitative estimate of drug-likeness (QED) is 0.396. The van der Waals surface area contributed by atoms with E-state index in [1.165, 1.54) is 0 Å². The lowest BCUT2D eigenvalue weighted by molar-refractivity contribution is 0.542. The standard InChI is InChI=1S/C10H6ClF3N4S/c11-8-6(13)1-5(12)4(9(8)14)2-16-18-10-17-7(15)3-19-10/h1-3H,15H2,(H,17,18). The Bertz CT molecular complexity index is 644. The number of halogens is 4. The highest BCUT2D eigenvalue weighted by Crippen LogP contribution is 2.23. The minimum absolute atomic E-state index is 0.296. The Kier molecular flexibility index (Phi) is 3.91. The third-order valence-electron chi connectivity index (χ3n) is 2.03. The normalized spacial score (nSPS) is 11.2. The molecule has 0 spiro atoms. The first-order valence-electron chi connectivity index (χ1n) is 4.82. The molecule has 0 atom stereocenters. The van der Waals surface area contributed by atoms with Crippen LogP contribution in [0.25, 0.3) is 0 Å². The lowest BCUT2D eigenvalue weighted by atomic mass is 10.2. The molecule has 1 aromatic carbocycles. The zero-order valence-corrected chi connectivity index (χ0v) is 10.7. The van der Waals surface area contributed by atoms with Gasteiger partial charge in [-0.2, -0.15) is 5.10 Å². The van der Waals surface area contributed by atoms with Gasteiger partial charge < -0.3 is 5.73 Å². The number of nitrogens with two attached hydrogens (primary N) is 1. The van der Waals surface area contributed by atoms with Crippen molar-refractivity contribution in [3.05, 3.63) is 39.5 Å². The first kappa shape index (κ1) is 13.6. The fourth-order valence-corrected chi connectivity index (χ4v) is 1.89. The Morgan fingerprint density at radius 1 is 1.37 bits per heavy atom. The molecule has 0 amide bonds. The Labute approximate surface area is 114 Å². The zero-order chi connectivity index (χ0) is 14.0. The Hall–Kier alpha value is -1.80. The first-order valence-corrected chi connectivity index (χ1v) is 6.08. The minimum atomic E-state index is -1.22. The molecule has 9 heteroatoms. The van der Waals surface area contributed by atoms with Crippen LogP contribution in [0.3, 0.4) is 0 Å². The maximum Gasteiger partial charge on any atom is 0.205 e. The van der Waals surface area contributed by atoms with Crippen molar-refractivity contribution < 1.29 is 13.2 Å². The highest BCUT2D eigenvalue weighted by molar-refractivity contribution is 7.14. The molecule has 3 N–H and O–H groups in total. The molecule has 0 unspecified atom stereocenters. The van der Waals surface area contributed by atoms with E-state index in [9.17, 15) is 13.2 Å². The second-order valence-corrected chi connectivity index (χ2v) is 4.57. The fraction of sp³-hybridized carbons (Fsp3) is 0. The van der Waals surface area contributed by atoms with Crippen molar-refractivity contribution in [3.63, 3.8) is 0 Å². The monoisotopic (exact) mass is 306 g/mol. The molecule has 2 aromatic rings. The summed E-state index contributed by atoms with van der Waals surface area (Å²) >= 11 is 6.49. The highest BCUT2D eigenvalue weighted by atomic mass is 35.5. The van der Waals surface area contributed by atoms with Crippen molar-refractivity contribution in [2.24, 2.45) is 5.10 Å². The third kappa shape index (κ3) is 2.96. The topological polar surface area (TPSA) is 63.3 Å². The Morgan fingerprint density at radius 3 is 2.74 bits per heavy atom. The summed E-state index contributed by atoms with van der Waals surface area (Å²) in [4.78, 5) is 3.82. The molecule has 4 nitrogen and oxygen atoms in total. The van der Waals surface area contributed by atoms with E-state index in [1.54, 1.807) is 5.38 Å². The largest absolute Gasteiger partial charge is 0.383 e. The zero-order valence-electron chi connectivity index (χ0n) is 9.12. The number of nitrogen functional groups attached to an aromatic ring is 1. The smallest absolute Gasteiger partial charge is 0.205 e. The average molecular weight is 307 g/mol. The molecule has 19 heavy (non-hydrogen) atoms. The van der Waals surface area contributed by atoms with Crippen molar-refractivity contribution in [2.75, 3.05) is 11.2 Å². The number of benzene rings is 1. The van der Waals surface area contributed by atoms with Crippen molar-refractivity contribution in [2.45, 2.75) is 0 Å².